The lowest BCUT2D eigenvalue weighted by molar-refractivity contribution is 0.102. The second-order valence-corrected chi connectivity index (χ2v) is 5.34. The summed E-state index contributed by atoms with van der Waals surface area (Å²) >= 11 is 0. The highest BCUT2D eigenvalue weighted by Crippen LogP contribution is 2.21. The van der Waals surface area contributed by atoms with Crippen molar-refractivity contribution < 1.29 is 4.79 Å². The van der Waals surface area contributed by atoms with Gasteiger partial charge in [0.2, 0.25) is 0 Å². The summed E-state index contributed by atoms with van der Waals surface area (Å²) in [6.45, 7) is 0. The Bertz CT molecular complexity index is 1000. The number of hydrogen-bond donors (Lipinski definition) is 1. The van der Waals surface area contributed by atoms with Gasteiger partial charge in [-0.15, -0.1) is 0 Å². The lowest BCUT2D eigenvalue weighted by Crippen LogP contribution is -2.13. The zero-order valence-corrected chi connectivity index (χ0v) is 12.8. The molecule has 2 aromatic carbocycles. The van der Waals surface area contributed by atoms with Gasteiger partial charge >= 0.3 is 0 Å². The fraction of sp³-hybridized carbons (Fsp3) is 0. The van der Waals surface area contributed by atoms with E-state index in [-0.39, 0.29) is 5.91 Å². The molecule has 2 heterocycles. The standard InChI is InChI=1S/C19H14N4O/c24-19(15-6-1-8-16(13-15)23-12-4-11-21-23)22-17-9-2-5-14-7-3-10-20-18(14)17/h1-13H,(H,22,24). The van der Waals surface area contributed by atoms with Crippen molar-refractivity contribution in [3.05, 3.63) is 84.8 Å². The topological polar surface area (TPSA) is 59.8 Å². The van der Waals surface area contributed by atoms with Crippen LogP contribution in [0.15, 0.2) is 79.3 Å². The molecule has 1 N–H and O–H groups in total. The number of aromatic nitrogens is 3. The van der Waals surface area contributed by atoms with Crippen molar-refractivity contribution in [2.75, 3.05) is 5.32 Å². The van der Waals surface area contributed by atoms with Crippen molar-refractivity contribution in [1.29, 1.82) is 0 Å². The first-order valence-corrected chi connectivity index (χ1v) is 7.56. The summed E-state index contributed by atoms with van der Waals surface area (Å²) in [7, 11) is 0. The van der Waals surface area contributed by atoms with Crippen molar-refractivity contribution in [2.24, 2.45) is 0 Å². The van der Waals surface area contributed by atoms with E-state index in [1.165, 1.54) is 0 Å². The maximum Gasteiger partial charge on any atom is 0.255 e. The van der Waals surface area contributed by atoms with Crippen LogP contribution in [0, 0.1) is 0 Å². The van der Waals surface area contributed by atoms with Crippen molar-refractivity contribution in [1.82, 2.24) is 14.8 Å². The Labute approximate surface area is 138 Å². The molecular weight excluding hydrogens is 300 g/mol. The summed E-state index contributed by atoms with van der Waals surface area (Å²) in [6.07, 6.45) is 5.26. The van der Waals surface area contributed by atoms with Crippen LogP contribution < -0.4 is 5.32 Å². The van der Waals surface area contributed by atoms with Crippen molar-refractivity contribution in [2.45, 2.75) is 0 Å². The molecule has 0 radical (unpaired) electrons. The Balaban J connectivity index is 1.66. The molecule has 0 saturated carbocycles. The highest BCUT2D eigenvalue weighted by molar-refractivity contribution is 6.08. The Kier molecular flexibility index (Phi) is 3.51. The van der Waals surface area contributed by atoms with Gasteiger partial charge in [-0.05, 0) is 36.4 Å². The number of para-hydroxylation sites is 1. The molecule has 0 bridgehead atoms. The Morgan fingerprint density at radius 1 is 0.958 bits per heavy atom. The summed E-state index contributed by atoms with van der Waals surface area (Å²) in [5.74, 6) is -0.179. The number of benzene rings is 2. The molecule has 4 rings (SSSR count). The van der Waals surface area contributed by atoms with Gasteiger partial charge in [-0.2, -0.15) is 5.10 Å². The van der Waals surface area contributed by atoms with Crippen molar-refractivity contribution in [3.63, 3.8) is 0 Å². The van der Waals surface area contributed by atoms with E-state index in [0.717, 1.165) is 16.6 Å². The number of pyridine rings is 1. The number of amides is 1. The molecule has 0 aliphatic carbocycles. The summed E-state index contributed by atoms with van der Waals surface area (Å²) in [6, 6.07) is 18.7. The maximum atomic E-state index is 12.6. The minimum absolute atomic E-state index is 0.179. The minimum atomic E-state index is -0.179. The molecule has 0 atom stereocenters. The molecule has 2 aromatic heterocycles. The third kappa shape index (κ3) is 2.63. The molecule has 0 saturated heterocycles. The summed E-state index contributed by atoms with van der Waals surface area (Å²) < 4.78 is 1.72. The second kappa shape index (κ2) is 5.96. The van der Waals surface area contributed by atoms with E-state index in [0.29, 0.717) is 11.3 Å². The Morgan fingerprint density at radius 3 is 2.71 bits per heavy atom. The van der Waals surface area contributed by atoms with E-state index in [9.17, 15) is 4.79 Å². The lowest BCUT2D eigenvalue weighted by Gasteiger charge is -2.09. The number of nitrogens with zero attached hydrogens (tertiary/aromatic N) is 3. The SMILES string of the molecule is O=C(Nc1cccc2cccnc12)c1cccc(-n2cccn2)c1. The van der Waals surface area contributed by atoms with E-state index in [4.69, 9.17) is 0 Å². The first-order chi connectivity index (χ1) is 11.8. The van der Waals surface area contributed by atoms with Crippen LogP contribution in [0.3, 0.4) is 0 Å². The van der Waals surface area contributed by atoms with Gasteiger partial charge in [-0.25, -0.2) is 4.68 Å². The zero-order valence-electron chi connectivity index (χ0n) is 12.8. The van der Waals surface area contributed by atoms with Gasteiger partial charge in [0.25, 0.3) is 5.91 Å². The normalized spacial score (nSPS) is 10.7. The number of fused-ring (bicyclic) bond motifs is 1. The van der Waals surface area contributed by atoms with Gasteiger partial charge in [-0.3, -0.25) is 9.78 Å². The smallest absolute Gasteiger partial charge is 0.255 e. The highest BCUT2D eigenvalue weighted by Gasteiger charge is 2.10. The number of hydrogen-bond acceptors (Lipinski definition) is 3. The number of nitrogens with one attached hydrogen (secondary N) is 1. The van der Waals surface area contributed by atoms with E-state index in [1.54, 1.807) is 29.2 Å². The Hall–Kier alpha value is -3.47. The van der Waals surface area contributed by atoms with Crippen molar-refractivity contribution >= 4 is 22.5 Å². The van der Waals surface area contributed by atoms with Gasteiger partial charge in [0.05, 0.1) is 16.9 Å². The monoisotopic (exact) mass is 314 g/mol. The first-order valence-electron chi connectivity index (χ1n) is 7.56. The van der Waals surface area contributed by atoms with Crippen LogP contribution in [0.1, 0.15) is 10.4 Å². The predicted molar refractivity (Wildman–Crippen MR) is 93.3 cm³/mol. The third-order valence-electron chi connectivity index (χ3n) is 3.76. The van der Waals surface area contributed by atoms with E-state index in [1.807, 2.05) is 54.7 Å². The Morgan fingerprint density at radius 2 is 1.83 bits per heavy atom. The van der Waals surface area contributed by atoms with E-state index in [2.05, 4.69) is 15.4 Å². The third-order valence-corrected chi connectivity index (χ3v) is 3.76. The first kappa shape index (κ1) is 14.1. The molecule has 0 unspecified atom stereocenters. The fourth-order valence-electron chi connectivity index (χ4n) is 2.61. The molecule has 0 aliphatic rings. The molecule has 4 aromatic rings. The molecule has 5 heteroatoms. The van der Waals surface area contributed by atoms with Crippen LogP contribution in [0.2, 0.25) is 0 Å². The summed E-state index contributed by atoms with van der Waals surface area (Å²) in [5, 5.41) is 8.12. The fourth-order valence-corrected chi connectivity index (χ4v) is 2.61. The van der Waals surface area contributed by atoms with Gasteiger partial charge in [0.15, 0.2) is 0 Å². The number of carbonyl (C=O) groups is 1. The van der Waals surface area contributed by atoms with Gasteiger partial charge in [0.1, 0.15) is 0 Å². The lowest BCUT2D eigenvalue weighted by atomic mass is 10.1. The van der Waals surface area contributed by atoms with Gasteiger partial charge in [0, 0.05) is 29.5 Å². The van der Waals surface area contributed by atoms with Crippen LogP contribution in [-0.4, -0.2) is 20.7 Å². The maximum absolute atomic E-state index is 12.6. The highest BCUT2D eigenvalue weighted by atomic mass is 16.1. The summed E-state index contributed by atoms with van der Waals surface area (Å²) in [5.41, 5.74) is 2.87. The molecule has 116 valence electrons. The minimum Gasteiger partial charge on any atom is -0.320 e. The van der Waals surface area contributed by atoms with Crippen LogP contribution in [0.25, 0.3) is 16.6 Å². The average molecular weight is 314 g/mol. The van der Waals surface area contributed by atoms with Crippen LogP contribution in [0.5, 0.6) is 0 Å². The predicted octanol–water partition coefficient (Wildman–Crippen LogP) is 3.67. The zero-order chi connectivity index (χ0) is 16.4. The molecule has 0 aliphatic heterocycles. The van der Waals surface area contributed by atoms with E-state index >= 15 is 0 Å². The molecule has 5 nitrogen and oxygen atoms in total. The molecule has 0 spiro atoms. The number of carbonyl (C=O) groups excluding carboxylic acids is 1. The van der Waals surface area contributed by atoms with Crippen molar-refractivity contribution in [3.8, 4) is 5.69 Å². The van der Waals surface area contributed by atoms with E-state index < -0.39 is 0 Å². The molecule has 24 heavy (non-hydrogen) atoms. The molecule has 1 amide bonds. The quantitative estimate of drug-likeness (QED) is 0.627. The number of anilines is 1. The second-order valence-electron chi connectivity index (χ2n) is 5.34. The van der Waals surface area contributed by atoms with Gasteiger partial charge in [-0.1, -0.05) is 24.3 Å². The van der Waals surface area contributed by atoms with Crippen LogP contribution >= 0.6 is 0 Å². The van der Waals surface area contributed by atoms with Crippen LogP contribution in [-0.2, 0) is 0 Å². The van der Waals surface area contributed by atoms with Gasteiger partial charge < -0.3 is 5.32 Å². The largest absolute Gasteiger partial charge is 0.320 e. The summed E-state index contributed by atoms with van der Waals surface area (Å²) in [4.78, 5) is 17.0. The average Bonchev–Trinajstić information content (AvgIpc) is 3.17. The molecule has 0 fully saturated rings. The number of rotatable bonds is 3. The van der Waals surface area contributed by atoms with Crippen LogP contribution in [0.4, 0.5) is 5.69 Å². The molecular formula is C19H14N4O.